The first-order valence-corrected chi connectivity index (χ1v) is 8.21. The Morgan fingerprint density at radius 1 is 1.00 bits per heavy atom. The third-order valence-electron chi connectivity index (χ3n) is 3.67. The van der Waals surface area contributed by atoms with Gasteiger partial charge in [-0.3, -0.25) is 14.6 Å². The van der Waals surface area contributed by atoms with Gasteiger partial charge in [-0.2, -0.15) is 0 Å². The van der Waals surface area contributed by atoms with Gasteiger partial charge >= 0.3 is 0 Å². The minimum absolute atomic E-state index is 0.296. The minimum atomic E-state index is -0.434. The largest absolute Gasteiger partial charge is 0.325 e. The maximum atomic E-state index is 13.0. The zero-order valence-electron chi connectivity index (χ0n) is 13.0. The first kappa shape index (κ1) is 16.6. The molecule has 0 aliphatic rings. The third kappa shape index (κ3) is 3.14. The molecule has 3 heterocycles. The van der Waals surface area contributed by atoms with Crippen molar-refractivity contribution in [2.45, 2.75) is 0 Å². The Bertz CT molecular complexity index is 1150. The van der Waals surface area contributed by atoms with Gasteiger partial charge in [-0.25, -0.2) is 14.4 Å². The fourth-order valence-electron chi connectivity index (χ4n) is 2.55. The van der Waals surface area contributed by atoms with Crippen LogP contribution < -0.4 is 10.9 Å². The van der Waals surface area contributed by atoms with Crippen LogP contribution in [0.1, 0.15) is 0 Å². The Labute approximate surface area is 156 Å². The molecular weight excluding hydrogens is 380 g/mol. The molecule has 0 amide bonds. The van der Waals surface area contributed by atoms with Crippen molar-refractivity contribution in [3.05, 3.63) is 75.0 Å². The Balaban J connectivity index is 1.81. The summed E-state index contributed by atoms with van der Waals surface area (Å²) in [6, 6.07) is 9.41. The summed E-state index contributed by atoms with van der Waals surface area (Å²) in [5.74, 6) is 0.433. The number of halogens is 3. The molecule has 0 bridgehead atoms. The number of H-pyrrole nitrogens is 1. The van der Waals surface area contributed by atoms with Gasteiger partial charge in [0.25, 0.3) is 5.56 Å². The van der Waals surface area contributed by atoms with Crippen molar-refractivity contribution in [1.29, 1.82) is 0 Å². The number of anilines is 2. The Hall–Kier alpha value is -2.90. The van der Waals surface area contributed by atoms with Crippen LogP contribution in [0.2, 0.25) is 10.0 Å². The van der Waals surface area contributed by atoms with Crippen LogP contribution in [0.15, 0.2) is 53.6 Å². The molecule has 4 aromatic rings. The van der Waals surface area contributed by atoms with E-state index in [1.165, 1.54) is 18.3 Å². The highest BCUT2D eigenvalue weighted by Crippen LogP contribution is 2.24. The number of aromatic nitrogens is 4. The average Bonchev–Trinajstić information content (AvgIpc) is 2.93. The van der Waals surface area contributed by atoms with Crippen LogP contribution in [0.3, 0.4) is 0 Å². The van der Waals surface area contributed by atoms with Crippen molar-refractivity contribution in [3.8, 4) is 5.69 Å². The summed E-state index contributed by atoms with van der Waals surface area (Å²) in [5.41, 5.74) is 0.884. The standard InChI is InChI=1S/C17H10Cl2FN5O/c18-9-3-10(19)5-12(4-9)25-14-6-16(22-8-13(14)17(26)24-25)23-15-2-1-11(20)7-21-15/h1-8H,(H,24,26)(H,21,22,23). The molecule has 2 N–H and O–H groups in total. The van der Waals surface area contributed by atoms with Crippen LogP contribution in [-0.2, 0) is 0 Å². The van der Waals surface area contributed by atoms with Gasteiger partial charge in [0, 0.05) is 22.3 Å². The molecule has 0 radical (unpaired) electrons. The second kappa shape index (κ2) is 6.44. The fourth-order valence-corrected chi connectivity index (χ4v) is 3.06. The van der Waals surface area contributed by atoms with Gasteiger partial charge in [0.15, 0.2) is 0 Å². The maximum Gasteiger partial charge on any atom is 0.273 e. The number of pyridine rings is 2. The lowest BCUT2D eigenvalue weighted by atomic mass is 10.3. The number of fused-ring (bicyclic) bond motifs is 1. The second-order valence-corrected chi connectivity index (χ2v) is 6.35. The lowest BCUT2D eigenvalue weighted by Crippen LogP contribution is -2.03. The number of benzene rings is 1. The molecule has 3 aromatic heterocycles. The zero-order chi connectivity index (χ0) is 18.3. The summed E-state index contributed by atoms with van der Waals surface area (Å²) >= 11 is 12.1. The second-order valence-electron chi connectivity index (χ2n) is 5.48. The van der Waals surface area contributed by atoms with Crippen molar-refractivity contribution >= 4 is 45.7 Å². The van der Waals surface area contributed by atoms with E-state index in [9.17, 15) is 9.18 Å². The van der Waals surface area contributed by atoms with Gasteiger partial charge in [-0.15, -0.1) is 0 Å². The predicted molar refractivity (Wildman–Crippen MR) is 99.2 cm³/mol. The zero-order valence-corrected chi connectivity index (χ0v) is 14.5. The molecule has 26 heavy (non-hydrogen) atoms. The topological polar surface area (TPSA) is 75.6 Å². The summed E-state index contributed by atoms with van der Waals surface area (Å²) in [7, 11) is 0. The molecule has 4 rings (SSSR count). The van der Waals surface area contributed by atoms with Gasteiger partial charge in [0.1, 0.15) is 17.5 Å². The highest BCUT2D eigenvalue weighted by atomic mass is 35.5. The van der Waals surface area contributed by atoms with Crippen molar-refractivity contribution in [1.82, 2.24) is 19.7 Å². The van der Waals surface area contributed by atoms with E-state index in [-0.39, 0.29) is 5.56 Å². The van der Waals surface area contributed by atoms with Crippen LogP contribution in [0.5, 0.6) is 0 Å². The molecule has 0 aliphatic carbocycles. The quantitative estimate of drug-likeness (QED) is 0.547. The highest BCUT2D eigenvalue weighted by Gasteiger charge is 2.11. The van der Waals surface area contributed by atoms with E-state index >= 15 is 0 Å². The average molecular weight is 390 g/mol. The van der Waals surface area contributed by atoms with E-state index in [1.54, 1.807) is 28.9 Å². The number of hydrogen-bond acceptors (Lipinski definition) is 4. The number of aromatic amines is 1. The van der Waals surface area contributed by atoms with Gasteiger partial charge < -0.3 is 5.32 Å². The van der Waals surface area contributed by atoms with Crippen LogP contribution >= 0.6 is 23.2 Å². The first-order valence-electron chi connectivity index (χ1n) is 7.45. The SMILES string of the molecule is O=c1[nH]n(-c2cc(Cl)cc(Cl)c2)c2cc(Nc3ccc(F)cn3)ncc12. The smallest absolute Gasteiger partial charge is 0.273 e. The monoisotopic (exact) mass is 389 g/mol. The lowest BCUT2D eigenvalue weighted by Gasteiger charge is -2.08. The summed E-state index contributed by atoms with van der Waals surface area (Å²) in [4.78, 5) is 20.3. The predicted octanol–water partition coefficient (Wildman–Crippen LogP) is 4.30. The molecule has 0 saturated heterocycles. The van der Waals surface area contributed by atoms with Gasteiger partial charge in [-0.1, -0.05) is 23.2 Å². The summed E-state index contributed by atoms with van der Waals surface area (Å²) < 4.78 is 14.5. The highest BCUT2D eigenvalue weighted by molar-refractivity contribution is 6.34. The minimum Gasteiger partial charge on any atom is -0.325 e. The van der Waals surface area contributed by atoms with Crippen LogP contribution in [0.4, 0.5) is 16.0 Å². The van der Waals surface area contributed by atoms with Crippen molar-refractivity contribution < 1.29 is 4.39 Å². The number of rotatable bonds is 3. The summed E-state index contributed by atoms with van der Waals surface area (Å²) in [6.07, 6.45) is 2.55. The maximum absolute atomic E-state index is 13.0. The molecule has 9 heteroatoms. The lowest BCUT2D eigenvalue weighted by molar-refractivity contribution is 0.622. The molecule has 1 aromatic carbocycles. The number of nitrogens with zero attached hydrogens (tertiary/aromatic N) is 3. The molecule has 0 unspecified atom stereocenters. The van der Waals surface area contributed by atoms with Crippen LogP contribution in [-0.4, -0.2) is 19.7 Å². The molecule has 0 saturated carbocycles. The molecule has 0 aliphatic heterocycles. The third-order valence-corrected chi connectivity index (χ3v) is 4.11. The van der Waals surface area contributed by atoms with Crippen molar-refractivity contribution in [2.24, 2.45) is 0 Å². The Morgan fingerprint density at radius 3 is 2.42 bits per heavy atom. The van der Waals surface area contributed by atoms with Crippen LogP contribution in [0, 0.1) is 5.82 Å². The van der Waals surface area contributed by atoms with E-state index in [0.717, 1.165) is 6.20 Å². The van der Waals surface area contributed by atoms with Gasteiger partial charge in [0.2, 0.25) is 0 Å². The van der Waals surface area contributed by atoms with E-state index in [0.29, 0.717) is 38.3 Å². The van der Waals surface area contributed by atoms with Crippen molar-refractivity contribution in [3.63, 3.8) is 0 Å². The van der Waals surface area contributed by atoms with Gasteiger partial charge in [-0.05, 0) is 30.3 Å². The Morgan fingerprint density at radius 2 is 1.73 bits per heavy atom. The van der Waals surface area contributed by atoms with Crippen molar-refractivity contribution in [2.75, 3.05) is 5.32 Å². The fraction of sp³-hybridized carbons (Fsp3) is 0. The van der Waals surface area contributed by atoms with E-state index in [1.807, 2.05) is 0 Å². The van der Waals surface area contributed by atoms with Gasteiger partial charge in [0.05, 0.1) is 22.8 Å². The summed E-state index contributed by atoms with van der Waals surface area (Å²) in [6.45, 7) is 0. The van der Waals surface area contributed by atoms with E-state index in [4.69, 9.17) is 23.2 Å². The number of nitrogens with one attached hydrogen (secondary N) is 2. The first-order chi connectivity index (χ1) is 12.5. The van der Waals surface area contributed by atoms with Crippen LogP contribution in [0.25, 0.3) is 16.6 Å². The molecule has 130 valence electrons. The molecule has 0 spiro atoms. The Kier molecular flexibility index (Phi) is 4.10. The normalized spacial score (nSPS) is 11.0. The number of hydrogen-bond donors (Lipinski definition) is 2. The molecule has 6 nitrogen and oxygen atoms in total. The molecular formula is C17H10Cl2FN5O. The molecule has 0 fully saturated rings. The summed E-state index contributed by atoms with van der Waals surface area (Å²) in [5, 5.41) is 6.98. The van der Waals surface area contributed by atoms with E-state index < -0.39 is 5.82 Å². The van der Waals surface area contributed by atoms with E-state index in [2.05, 4.69) is 20.4 Å². The molecule has 0 atom stereocenters.